The zero-order chi connectivity index (χ0) is 11.6. The first-order valence-corrected chi connectivity index (χ1v) is 10.5. The van der Waals surface area contributed by atoms with E-state index in [1.807, 2.05) is 0 Å². The van der Waals surface area contributed by atoms with Gasteiger partial charge in [-0.15, -0.1) is 0 Å². The molecule has 15 heavy (non-hydrogen) atoms. The Bertz CT molecular complexity index is 158. The highest BCUT2D eigenvalue weighted by atomic mass is 35.6. The summed E-state index contributed by atoms with van der Waals surface area (Å²) in [6.45, 7) is 6.59. The largest absolute Gasteiger partial charge is 0.173 e. The van der Waals surface area contributed by atoms with E-state index >= 15 is 0 Å². The maximum absolute atomic E-state index is 6.18. The normalized spacial score (nSPS) is 12.5. The molecule has 0 unspecified atom stereocenters. The van der Waals surface area contributed by atoms with Crippen LogP contribution in [-0.2, 0) is 0 Å². The van der Waals surface area contributed by atoms with E-state index in [0.29, 0.717) is 0 Å². The smallest absolute Gasteiger partial charge is 0.162 e. The Labute approximate surface area is 102 Å². The van der Waals surface area contributed by atoms with Crippen LogP contribution in [0.15, 0.2) is 11.8 Å². The molecule has 0 spiro atoms. The van der Waals surface area contributed by atoms with Crippen LogP contribution in [0, 0.1) is 0 Å². The molecule has 0 aliphatic rings. The highest BCUT2D eigenvalue weighted by Gasteiger charge is 2.10. The highest BCUT2D eigenvalue weighted by Crippen LogP contribution is 2.12. The van der Waals surface area contributed by atoms with Crippen LogP contribution in [0.4, 0.5) is 0 Å². The monoisotopic (exact) mass is 246 g/mol. The number of unbranched alkanes of at least 4 members (excludes halogenated alkanes) is 7. The van der Waals surface area contributed by atoms with Crippen LogP contribution in [0.3, 0.4) is 0 Å². The molecule has 0 aliphatic heterocycles. The van der Waals surface area contributed by atoms with E-state index in [9.17, 15) is 0 Å². The molecule has 0 rings (SSSR count). The van der Waals surface area contributed by atoms with Crippen molar-refractivity contribution in [1.29, 1.82) is 0 Å². The summed E-state index contributed by atoms with van der Waals surface area (Å²) in [7, 11) is -1.45. The molecule has 0 N–H and O–H groups in total. The van der Waals surface area contributed by atoms with Crippen LogP contribution < -0.4 is 0 Å². The van der Waals surface area contributed by atoms with Crippen LogP contribution in [-0.4, -0.2) is 7.38 Å². The quantitative estimate of drug-likeness (QED) is 0.280. The molecule has 0 aromatic heterocycles. The third-order valence-electron chi connectivity index (χ3n) is 2.49. The lowest BCUT2D eigenvalue weighted by molar-refractivity contribution is 0.592. The number of hydrogen-bond donors (Lipinski definition) is 0. The van der Waals surface area contributed by atoms with Gasteiger partial charge in [0, 0.05) is 0 Å². The average Bonchev–Trinajstić information content (AvgIpc) is 2.14. The molecule has 0 bridgehead atoms. The molecule has 0 aliphatic carbocycles. The van der Waals surface area contributed by atoms with E-state index in [-0.39, 0.29) is 0 Å². The topological polar surface area (TPSA) is 0 Å². The summed E-state index contributed by atoms with van der Waals surface area (Å²) >= 11 is 6.18. The summed E-state index contributed by atoms with van der Waals surface area (Å²) in [5, 5.41) is 0. The fraction of sp³-hybridized carbons (Fsp3) is 0.846. The summed E-state index contributed by atoms with van der Waals surface area (Å²) in [4.78, 5) is 0. The van der Waals surface area contributed by atoms with Crippen molar-refractivity contribution in [3.8, 4) is 0 Å². The van der Waals surface area contributed by atoms with E-state index in [1.165, 1.54) is 51.4 Å². The van der Waals surface area contributed by atoms with E-state index in [0.717, 1.165) is 0 Å². The molecule has 0 aromatic rings. The second kappa shape index (κ2) is 9.47. The summed E-state index contributed by atoms with van der Waals surface area (Å²) in [5.74, 6) is 0. The van der Waals surface area contributed by atoms with Crippen molar-refractivity contribution in [3.63, 3.8) is 0 Å². The lowest BCUT2D eigenvalue weighted by atomic mass is 10.1. The number of rotatable bonds is 9. The van der Waals surface area contributed by atoms with Crippen molar-refractivity contribution in [2.75, 3.05) is 0 Å². The van der Waals surface area contributed by atoms with Gasteiger partial charge < -0.3 is 0 Å². The third kappa shape index (κ3) is 14.2. The van der Waals surface area contributed by atoms with Gasteiger partial charge in [0.2, 0.25) is 0 Å². The molecule has 0 aromatic carbocycles. The van der Waals surface area contributed by atoms with Crippen molar-refractivity contribution < 1.29 is 0 Å². The maximum atomic E-state index is 6.18. The minimum absolute atomic E-state index is 1.22. The van der Waals surface area contributed by atoms with E-state index in [1.54, 1.807) is 0 Å². The van der Waals surface area contributed by atoms with Crippen molar-refractivity contribution in [1.82, 2.24) is 0 Å². The van der Waals surface area contributed by atoms with Crippen molar-refractivity contribution in [2.24, 2.45) is 0 Å². The Kier molecular flexibility index (Phi) is 9.63. The molecular weight excluding hydrogens is 220 g/mol. The van der Waals surface area contributed by atoms with Gasteiger partial charge in [0.25, 0.3) is 0 Å². The summed E-state index contributed by atoms with van der Waals surface area (Å²) < 4.78 is 0. The van der Waals surface area contributed by atoms with Crippen LogP contribution in [0.5, 0.6) is 0 Å². The van der Waals surface area contributed by atoms with Crippen molar-refractivity contribution in [2.45, 2.75) is 71.4 Å². The maximum Gasteiger partial charge on any atom is 0.173 e. The standard InChI is InChI=1S/C13H27ClSi/c1-4-5-6-7-8-9-10-11-12-13-15(2,3)14/h12-13H,4-11H2,1-3H3. The first kappa shape index (κ1) is 15.2. The molecule has 0 amide bonds. The highest BCUT2D eigenvalue weighted by molar-refractivity contribution is 7.21. The fourth-order valence-corrected chi connectivity index (χ4v) is 2.58. The van der Waals surface area contributed by atoms with Crippen molar-refractivity contribution >= 4 is 18.5 Å². The molecule has 0 fully saturated rings. The van der Waals surface area contributed by atoms with E-state index in [4.69, 9.17) is 11.1 Å². The van der Waals surface area contributed by atoms with Gasteiger partial charge >= 0.3 is 0 Å². The summed E-state index contributed by atoms with van der Waals surface area (Å²) in [5.41, 5.74) is 2.24. The fourth-order valence-electron chi connectivity index (χ4n) is 1.58. The SMILES string of the molecule is CCCCCCCCCC=C[Si](C)(C)Cl. The number of halogens is 1. The zero-order valence-electron chi connectivity index (χ0n) is 10.7. The number of allylic oxidation sites excluding steroid dienone is 1. The van der Waals surface area contributed by atoms with Gasteiger partial charge in [0.05, 0.1) is 0 Å². The summed E-state index contributed by atoms with van der Waals surface area (Å²) in [6, 6.07) is 0. The Balaban J connectivity index is 3.15. The Hall–Kier alpha value is 0.247. The molecule has 0 nitrogen and oxygen atoms in total. The Morgan fingerprint density at radius 3 is 2.00 bits per heavy atom. The van der Waals surface area contributed by atoms with Gasteiger partial charge in [-0.05, 0) is 12.8 Å². The molecule has 90 valence electrons. The van der Waals surface area contributed by atoms with Gasteiger partial charge in [0.1, 0.15) is 0 Å². The Morgan fingerprint density at radius 2 is 1.47 bits per heavy atom. The molecule has 0 saturated carbocycles. The van der Waals surface area contributed by atoms with E-state index in [2.05, 4.69) is 31.8 Å². The van der Waals surface area contributed by atoms with Crippen molar-refractivity contribution in [3.05, 3.63) is 11.8 Å². The van der Waals surface area contributed by atoms with Crippen LogP contribution >= 0.6 is 11.1 Å². The molecular formula is C13H27ClSi. The van der Waals surface area contributed by atoms with Gasteiger partial charge in [-0.2, -0.15) is 11.1 Å². The minimum atomic E-state index is -1.45. The first-order valence-electron chi connectivity index (χ1n) is 6.43. The molecule has 0 atom stereocenters. The van der Waals surface area contributed by atoms with Crippen LogP contribution in [0.1, 0.15) is 58.3 Å². The molecule has 0 heterocycles. The Morgan fingerprint density at radius 1 is 0.933 bits per heavy atom. The third-order valence-corrected chi connectivity index (χ3v) is 3.89. The van der Waals surface area contributed by atoms with Gasteiger partial charge in [-0.3, -0.25) is 0 Å². The van der Waals surface area contributed by atoms with Crippen LogP contribution in [0.2, 0.25) is 13.1 Å². The number of hydrogen-bond acceptors (Lipinski definition) is 0. The second-order valence-corrected chi connectivity index (χ2v) is 11.3. The van der Waals surface area contributed by atoms with E-state index < -0.39 is 7.38 Å². The second-order valence-electron chi connectivity index (χ2n) is 4.88. The lowest BCUT2D eigenvalue weighted by Crippen LogP contribution is -2.11. The predicted octanol–water partition coefficient (Wildman–Crippen LogP) is 5.67. The van der Waals surface area contributed by atoms with Gasteiger partial charge in [0.15, 0.2) is 7.38 Å². The predicted molar refractivity (Wildman–Crippen MR) is 75.1 cm³/mol. The molecule has 0 saturated heterocycles. The van der Waals surface area contributed by atoms with Gasteiger partial charge in [-0.25, -0.2) is 0 Å². The zero-order valence-corrected chi connectivity index (χ0v) is 12.4. The summed E-state index contributed by atoms with van der Waals surface area (Å²) in [6.07, 6.45) is 13.2. The molecule has 2 heteroatoms. The average molecular weight is 247 g/mol. The first-order chi connectivity index (χ1) is 7.06. The van der Waals surface area contributed by atoms with Gasteiger partial charge in [-0.1, -0.05) is 70.3 Å². The molecule has 0 radical (unpaired) electrons. The lowest BCUT2D eigenvalue weighted by Gasteiger charge is -2.04. The minimum Gasteiger partial charge on any atom is -0.162 e. The van der Waals surface area contributed by atoms with Crippen LogP contribution in [0.25, 0.3) is 0 Å².